The quantitative estimate of drug-likeness (QED) is 0.161. The van der Waals surface area contributed by atoms with Crippen molar-refractivity contribution in [1.29, 1.82) is 0 Å². The zero-order valence-electron chi connectivity index (χ0n) is 33.6. The van der Waals surface area contributed by atoms with Crippen LogP contribution in [-0.2, 0) is 5.41 Å². The second-order valence-electron chi connectivity index (χ2n) is 15.9. The molecule has 290 valence electrons. The molecule has 0 N–H and O–H groups in total. The van der Waals surface area contributed by atoms with Crippen molar-refractivity contribution in [3.05, 3.63) is 247 Å². The molecule has 1 aliphatic rings. The number of fused-ring (bicyclic) bond motifs is 6. The van der Waals surface area contributed by atoms with E-state index >= 15 is 0 Å². The topological polar surface area (TPSA) is 51.8 Å². The number of aromatic nitrogens is 3. The van der Waals surface area contributed by atoms with Gasteiger partial charge >= 0.3 is 0 Å². The number of furan rings is 1. The lowest BCUT2D eigenvalue weighted by Gasteiger charge is -2.34. The van der Waals surface area contributed by atoms with Gasteiger partial charge in [0.2, 0.25) is 0 Å². The zero-order valence-corrected chi connectivity index (χ0v) is 33.6. The molecule has 0 saturated carbocycles. The first kappa shape index (κ1) is 35.7. The van der Waals surface area contributed by atoms with Gasteiger partial charge in [-0.1, -0.05) is 200 Å². The molecular formula is C58H37N3O. The van der Waals surface area contributed by atoms with Crippen LogP contribution in [0.2, 0.25) is 0 Å². The first-order valence-corrected chi connectivity index (χ1v) is 21.0. The van der Waals surface area contributed by atoms with Crippen LogP contribution in [0, 0.1) is 0 Å². The summed E-state index contributed by atoms with van der Waals surface area (Å²) in [5.41, 5.74) is 15.8. The fourth-order valence-corrected chi connectivity index (χ4v) is 9.55. The fourth-order valence-electron chi connectivity index (χ4n) is 9.55. The summed E-state index contributed by atoms with van der Waals surface area (Å²) < 4.78 is 6.51. The summed E-state index contributed by atoms with van der Waals surface area (Å²) >= 11 is 0. The van der Waals surface area contributed by atoms with Gasteiger partial charge < -0.3 is 4.42 Å². The minimum Gasteiger partial charge on any atom is -0.456 e. The predicted octanol–water partition coefficient (Wildman–Crippen LogP) is 14.5. The van der Waals surface area contributed by atoms with Crippen LogP contribution < -0.4 is 0 Å². The van der Waals surface area contributed by atoms with Gasteiger partial charge in [-0.15, -0.1) is 0 Å². The number of hydrogen-bond acceptors (Lipinski definition) is 4. The molecule has 62 heavy (non-hydrogen) atoms. The second-order valence-corrected chi connectivity index (χ2v) is 15.9. The number of benzene rings is 9. The lowest BCUT2D eigenvalue weighted by Crippen LogP contribution is -2.28. The molecule has 2 aromatic heterocycles. The minimum absolute atomic E-state index is 0.562. The summed E-state index contributed by atoms with van der Waals surface area (Å²) in [6.45, 7) is 0. The van der Waals surface area contributed by atoms with Crippen LogP contribution in [0.3, 0.4) is 0 Å². The van der Waals surface area contributed by atoms with Crippen LogP contribution in [0.4, 0.5) is 0 Å². The van der Waals surface area contributed by atoms with E-state index in [4.69, 9.17) is 19.4 Å². The smallest absolute Gasteiger partial charge is 0.164 e. The van der Waals surface area contributed by atoms with Crippen LogP contribution in [-0.4, -0.2) is 15.0 Å². The molecule has 0 aliphatic heterocycles. The first-order chi connectivity index (χ1) is 30.7. The standard InChI is InChI=1S/C58H37N3O/c1-3-15-38(16-4-1)41-19-13-21-43(35-41)56-59-55(40-17-5-2-6-18-40)60-57(61-56)44-22-14-20-42(36-44)39-29-31-45(32-30-39)58(51-26-10-7-23-47(51)48-24-8-11-27-52(48)58)46-33-34-50-49-25-9-12-28-53(49)62-54(50)37-46/h1-37H. The monoisotopic (exact) mass is 791 g/mol. The summed E-state index contributed by atoms with van der Waals surface area (Å²) in [5.74, 6) is 1.88. The van der Waals surface area contributed by atoms with E-state index in [9.17, 15) is 0 Å². The molecule has 0 amide bonds. The Morgan fingerprint density at radius 3 is 1.37 bits per heavy atom. The maximum absolute atomic E-state index is 6.51. The average molecular weight is 792 g/mol. The van der Waals surface area contributed by atoms with Crippen molar-refractivity contribution in [2.75, 3.05) is 0 Å². The van der Waals surface area contributed by atoms with E-state index in [-0.39, 0.29) is 0 Å². The lowest BCUT2D eigenvalue weighted by atomic mass is 9.67. The molecular weight excluding hydrogens is 755 g/mol. The van der Waals surface area contributed by atoms with Crippen molar-refractivity contribution in [1.82, 2.24) is 15.0 Å². The van der Waals surface area contributed by atoms with Gasteiger partial charge in [-0.3, -0.25) is 0 Å². The maximum atomic E-state index is 6.51. The Labute approximate surface area is 359 Å². The third-order valence-electron chi connectivity index (χ3n) is 12.4. The minimum atomic E-state index is -0.562. The van der Waals surface area contributed by atoms with Crippen molar-refractivity contribution in [2.24, 2.45) is 0 Å². The average Bonchev–Trinajstić information content (AvgIpc) is 3.88. The Hall–Kier alpha value is -8.21. The van der Waals surface area contributed by atoms with Gasteiger partial charge in [0.25, 0.3) is 0 Å². The maximum Gasteiger partial charge on any atom is 0.164 e. The van der Waals surface area contributed by atoms with E-state index in [2.05, 4.69) is 176 Å². The van der Waals surface area contributed by atoms with Gasteiger partial charge in [0.15, 0.2) is 17.5 Å². The summed E-state index contributed by atoms with van der Waals surface area (Å²) in [6.07, 6.45) is 0. The summed E-state index contributed by atoms with van der Waals surface area (Å²) in [6, 6.07) is 79.4. The Kier molecular flexibility index (Phi) is 8.36. The molecule has 0 spiro atoms. The largest absolute Gasteiger partial charge is 0.456 e. The van der Waals surface area contributed by atoms with Gasteiger partial charge in [-0.05, 0) is 79.9 Å². The zero-order chi connectivity index (χ0) is 41.0. The molecule has 4 nitrogen and oxygen atoms in total. The van der Waals surface area contributed by atoms with Gasteiger partial charge in [-0.2, -0.15) is 0 Å². The van der Waals surface area contributed by atoms with Crippen molar-refractivity contribution in [3.63, 3.8) is 0 Å². The number of para-hydroxylation sites is 1. The van der Waals surface area contributed by atoms with Gasteiger partial charge in [0, 0.05) is 27.5 Å². The molecule has 11 aromatic rings. The van der Waals surface area contributed by atoms with Crippen LogP contribution in [0.5, 0.6) is 0 Å². The molecule has 2 heterocycles. The number of nitrogens with zero attached hydrogens (tertiary/aromatic N) is 3. The molecule has 0 bridgehead atoms. The number of rotatable bonds is 7. The van der Waals surface area contributed by atoms with E-state index in [0.29, 0.717) is 17.5 Å². The highest BCUT2D eigenvalue weighted by atomic mass is 16.3. The SMILES string of the molecule is c1ccc(-c2cccc(-c3nc(-c4ccccc4)nc(-c4cccc(-c5ccc(C6(c7ccc8c(c7)oc7ccccc78)c7ccccc7-c7ccccc76)cc5)c4)n3)c2)cc1. The molecule has 0 radical (unpaired) electrons. The highest BCUT2D eigenvalue weighted by Crippen LogP contribution is 2.56. The Morgan fingerprint density at radius 1 is 0.290 bits per heavy atom. The van der Waals surface area contributed by atoms with Gasteiger partial charge in [0.1, 0.15) is 11.2 Å². The van der Waals surface area contributed by atoms with Crippen molar-refractivity contribution in [3.8, 4) is 67.5 Å². The van der Waals surface area contributed by atoms with Crippen LogP contribution in [0.25, 0.3) is 89.5 Å². The molecule has 1 aliphatic carbocycles. The third kappa shape index (κ3) is 5.80. The Balaban J connectivity index is 0.972. The normalized spacial score (nSPS) is 12.6. The predicted molar refractivity (Wildman–Crippen MR) is 252 cm³/mol. The highest BCUT2D eigenvalue weighted by Gasteiger charge is 2.46. The molecule has 9 aromatic carbocycles. The van der Waals surface area contributed by atoms with E-state index < -0.39 is 5.41 Å². The van der Waals surface area contributed by atoms with Crippen LogP contribution >= 0.6 is 0 Å². The van der Waals surface area contributed by atoms with Crippen molar-refractivity contribution >= 4 is 21.9 Å². The van der Waals surface area contributed by atoms with Crippen molar-refractivity contribution in [2.45, 2.75) is 5.41 Å². The first-order valence-electron chi connectivity index (χ1n) is 21.0. The molecule has 4 heteroatoms. The van der Waals surface area contributed by atoms with E-state index in [1.807, 2.05) is 48.5 Å². The summed E-state index contributed by atoms with van der Waals surface area (Å²) in [4.78, 5) is 15.2. The van der Waals surface area contributed by atoms with Crippen molar-refractivity contribution < 1.29 is 4.42 Å². The molecule has 0 unspecified atom stereocenters. The lowest BCUT2D eigenvalue weighted by molar-refractivity contribution is 0.665. The van der Waals surface area contributed by atoms with E-state index in [0.717, 1.165) is 60.9 Å². The van der Waals surface area contributed by atoms with Gasteiger partial charge in [-0.25, -0.2) is 15.0 Å². The van der Waals surface area contributed by atoms with Gasteiger partial charge in [0.05, 0.1) is 5.41 Å². The van der Waals surface area contributed by atoms with E-state index in [1.54, 1.807) is 0 Å². The number of hydrogen-bond donors (Lipinski definition) is 0. The van der Waals surface area contributed by atoms with E-state index in [1.165, 1.54) is 33.4 Å². The third-order valence-corrected chi connectivity index (χ3v) is 12.4. The second kappa shape index (κ2) is 14.5. The fraction of sp³-hybridized carbons (Fsp3) is 0.0172. The molecule has 12 rings (SSSR count). The molecule has 0 atom stereocenters. The molecule has 0 saturated heterocycles. The summed E-state index contributed by atoms with van der Waals surface area (Å²) in [7, 11) is 0. The highest BCUT2D eigenvalue weighted by molar-refractivity contribution is 6.05. The van der Waals surface area contributed by atoms with Crippen LogP contribution in [0.15, 0.2) is 229 Å². The van der Waals surface area contributed by atoms with Crippen LogP contribution in [0.1, 0.15) is 22.3 Å². The molecule has 0 fully saturated rings. The summed E-state index contributed by atoms with van der Waals surface area (Å²) in [5, 5.41) is 2.25. The Morgan fingerprint density at radius 2 is 0.742 bits per heavy atom. The Bertz CT molecular complexity index is 3420.